The molecule has 0 radical (unpaired) electrons. The van der Waals surface area contributed by atoms with Gasteiger partial charge in [-0.25, -0.2) is 9.79 Å². The number of carbonyl (C=O) groups excluding carboxylic acids is 1. The number of thiazole rings is 1. The smallest absolute Gasteiger partial charge is 0.338 e. The van der Waals surface area contributed by atoms with E-state index >= 15 is 0 Å². The van der Waals surface area contributed by atoms with E-state index < -0.39 is 12.0 Å². The van der Waals surface area contributed by atoms with Crippen molar-refractivity contribution in [3.63, 3.8) is 0 Å². The summed E-state index contributed by atoms with van der Waals surface area (Å²) in [6.45, 7) is 2.05. The molecule has 0 N–H and O–H groups in total. The molecular formula is C31H23BrN2O4S. The molecule has 1 aromatic heterocycles. The zero-order chi connectivity index (χ0) is 27.4. The van der Waals surface area contributed by atoms with Gasteiger partial charge in [0.25, 0.3) is 5.56 Å². The number of carbonyl (C=O) groups is 1. The maximum atomic E-state index is 14.0. The van der Waals surface area contributed by atoms with Crippen LogP contribution in [-0.4, -0.2) is 23.8 Å². The summed E-state index contributed by atoms with van der Waals surface area (Å²) in [6.07, 6.45) is 7.15. The molecular weight excluding hydrogens is 576 g/mol. The number of esters is 1. The number of hydrogen-bond acceptors (Lipinski definition) is 6. The van der Waals surface area contributed by atoms with E-state index in [2.05, 4.69) is 21.9 Å². The number of aromatic nitrogens is 1. The first-order valence-electron chi connectivity index (χ1n) is 12.2. The van der Waals surface area contributed by atoms with E-state index in [4.69, 9.17) is 20.9 Å². The van der Waals surface area contributed by atoms with E-state index in [1.165, 1.54) is 11.3 Å². The number of benzene rings is 3. The van der Waals surface area contributed by atoms with Crippen LogP contribution in [0.4, 0.5) is 0 Å². The third-order valence-corrected chi connectivity index (χ3v) is 7.53. The van der Waals surface area contributed by atoms with Crippen molar-refractivity contribution < 1.29 is 14.3 Å². The van der Waals surface area contributed by atoms with Gasteiger partial charge in [-0.15, -0.1) is 6.42 Å². The normalized spacial score (nSPS) is 14.8. The largest absolute Gasteiger partial charge is 0.480 e. The van der Waals surface area contributed by atoms with Gasteiger partial charge in [0.15, 0.2) is 4.80 Å². The van der Waals surface area contributed by atoms with Crippen LogP contribution in [0, 0.1) is 12.3 Å². The minimum absolute atomic E-state index is 0.0983. The van der Waals surface area contributed by atoms with Crippen molar-refractivity contribution in [1.82, 2.24) is 4.57 Å². The summed E-state index contributed by atoms with van der Waals surface area (Å²) >= 11 is 4.74. The first-order chi connectivity index (χ1) is 19.0. The van der Waals surface area contributed by atoms with Gasteiger partial charge in [-0.1, -0.05) is 93.9 Å². The highest BCUT2D eigenvalue weighted by molar-refractivity contribution is 9.10. The van der Waals surface area contributed by atoms with Crippen molar-refractivity contribution in [2.75, 3.05) is 13.2 Å². The van der Waals surface area contributed by atoms with E-state index in [1.807, 2.05) is 72.8 Å². The zero-order valence-corrected chi connectivity index (χ0v) is 23.4. The highest BCUT2D eigenvalue weighted by Gasteiger charge is 2.35. The van der Waals surface area contributed by atoms with Crippen LogP contribution in [0.15, 0.2) is 98.7 Å². The molecule has 1 atom stereocenters. The summed E-state index contributed by atoms with van der Waals surface area (Å²) in [4.78, 5) is 32.8. The Labute approximate surface area is 237 Å². The number of fused-ring (bicyclic) bond motifs is 1. The van der Waals surface area contributed by atoms with E-state index in [9.17, 15) is 9.59 Å². The fourth-order valence-electron chi connectivity index (χ4n) is 4.42. The molecule has 0 saturated carbocycles. The molecule has 8 heteroatoms. The van der Waals surface area contributed by atoms with Gasteiger partial charge in [0.05, 0.1) is 28.5 Å². The molecule has 39 heavy (non-hydrogen) atoms. The van der Waals surface area contributed by atoms with Crippen LogP contribution in [0.2, 0.25) is 0 Å². The lowest BCUT2D eigenvalue weighted by Crippen LogP contribution is -2.40. The minimum atomic E-state index is -0.724. The van der Waals surface area contributed by atoms with Gasteiger partial charge in [0.1, 0.15) is 12.4 Å². The Morgan fingerprint density at radius 3 is 2.54 bits per heavy atom. The number of halogens is 1. The third-order valence-electron chi connectivity index (χ3n) is 6.06. The highest BCUT2D eigenvalue weighted by Crippen LogP contribution is 2.35. The second-order valence-electron chi connectivity index (χ2n) is 8.52. The molecule has 1 aliphatic rings. The maximum absolute atomic E-state index is 14.0. The Morgan fingerprint density at radius 2 is 1.85 bits per heavy atom. The van der Waals surface area contributed by atoms with E-state index in [1.54, 1.807) is 23.6 Å². The van der Waals surface area contributed by atoms with Crippen LogP contribution < -0.4 is 19.6 Å². The van der Waals surface area contributed by atoms with Crippen molar-refractivity contribution in [3.8, 4) is 18.1 Å². The van der Waals surface area contributed by atoms with Crippen molar-refractivity contribution in [2.45, 2.75) is 13.0 Å². The number of rotatable bonds is 7. The maximum Gasteiger partial charge on any atom is 0.338 e. The fourth-order valence-corrected chi connectivity index (χ4v) is 5.79. The molecule has 0 bridgehead atoms. The van der Waals surface area contributed by atoms with Crippen LogP contribution in [0.3, 0.4) is 0 Å². The van der Waals surface area contributed by atoms with Gasteiger partial charge in [-0.2, -0.15) is 0 Å². The van der Waals surface area contributed by atoms with E-state index in [0.717, 1.165) is 15.6 Å². The Bertz CT molecular complexity index is 1780. The van der Waals surface area contributed by atoms with Gasteiger partial charge in [-0.05, 0) is 36.8 Å². The first-order valence-corrected chi connectivity index (χ1v) is 13.8. The summed E-state index contributed by atoms with van der Waals surface area (Å²) in [6, 6.07) is 23.7. The van der Waals surface area contributed by atoms with Crippen molar-refractivity contribution in [3.05, 3.63) is 125 Å². The summed E-state index contributed by atoms with van der Waals surface area (Å²) < 4.78 is 14.0. The van der Waals surface area contributed by atoms with Crippen molar-refractivity contribution in [1.29, 1.82) is 0 Å². The third kappa shape index (κ3) is 5.37. The topological polar surface area (TPSA) is 69.9 Å². The summed E-state index contributed by atoms with van der Waals surface area (Å²) in [5.41, 5.74) is 2.75. The SMILES string of the molecule is C#CCOc1ccc(Br)cc1/C=c1\sc2n(c1=O)[C@@H](c1ccccc1)C(C(=O)OCC)=C(c1ccccc1)N=2. The quantitative estimate of drug-likeness (QED) is 0.228. The molecule has 1 aliphatic heterocycles. The Morgan fingerprint density at radius 1 is 1.13 bits per heavy atom. The van der Waals surface area contributed by atoms with Gasteiger partial charge < -0.3 is 9.47 Å². The van der Waals surface area contributed by atoms with Gasteiger partial charge in [0.2, 0.25) is 0 Å². The summed E-state index contributed by atoms with van der Waals surface area (Å²) in [5.74, 6) is 2.51. The van der Waals surface area contributed by atoms with Crippen LogP contribution in [0.1, 0.15) is 29.7 Å². The lowest BCUT2D eigenvalue weighted by atomic mass is 9.93. The molecule has 4 aromatic rings. The van der Waals surface area contributed by atoms with E-state index in [0.29, 0.717) is 31.9 Å². The number of hydrogen-bond donors (Lipinski definition) is 0. The molecule has 194 valence electrons. The standard InChI is InChI=1S/C31H23BrN2O4S/c1-3-17-38-24-16-15-23(32)18-22(24)19-25-29(35)34-28(21-13-9-6-10-14-21)26(30(36)37-4-2)27(33-31(34)39-25)20-11-7-5-8-12-20/h1,5-16,18-19,28H,4,17H2,2H3/b25-19-/t28-/m0/s1. The highest BCUT2D eigenvalue weighted by atomic mass is 79.9. The molecule has 5 rings (SSSR count). The molecule has 0 aliphatic carbocycles. The Hall–Kier alpha value is -4.19. The molecule has 0 saturated heterocycles. The minimum Gasteiger partial charge on any atom is -0.480 e. The lowest BCUT2D eigenvalue weighted by molar-refractivity contribution is -0.138. The number of ether oxygens (including phenoxy) is 2. The number of terminal acetylenes is 1. The average Bonchev–Trinajstić information content (AvgIpc) is 3.27. The Kier molecular flexibility index (Phi) is 7.92. The fraction of sp³-hybridized carbons (Fsp3) is 0.129. The number of nitrogens with zero attached hydrogens (tertiary/aromatic N) is 2. The summed E-state index contributed by atoms with van der Waals surface area (Å²) in [7, 11) is 0. The van der Waals surface area contributed by atoms with Gasteiger partial charge in [-0.3, -0.25) is 9.36 Å². The van der Waals surface area contributed by atoms with Crippen LogP contribution >= 0.6 is 27.3 Å². The second-order valence-corrected chi connectivity index (χ2v) is 10.4. The van der Waals surface area contributed by atoms with Crippen LogP contribution in [-0.2, 0) is 9.53 Å². The molecule has 0 spiro atoms. The van der Waals surface area contributed by atoms with Crippen molar-refractivity contribution >= 4 is 45.0 Å². The molecule has 2 heterocycles. The van der Waals surface area contributed by atoms with Gasteiger partial charge >= 0.3 is 5.97 Å². The monoisotopic (exact) mass is 598 g/mol. The van der Waals surface area contributed by atoms with Crippen LogP contribution in [0.25, 0.3) is 11.8 Å². The molecule has 6 nitrogen and oxygen atoms in total. The molecule has 0 amide bonds. The molecule has 3 aromatic carbocycles. The predicted molar refractivity (Wildman–Crippen MR) is 156 cm³/mol. The zero-order valence-electron chi connectivity index (χ0n) is 21.0. The van der Waals surface area contributed by atoms with Crippen molar-refractivity contribution in [2.24, 2.45) is 4.99 Å². The summed E-state index contributed by atoms with van der Waals surface area (Å²) in [5, 5.41) is 0. The first kappa shape index (κ1) is 26.4. The lowest BCUT2D eigenvalue weighted by Gasteiger charge is -2.25. The van der Waals surface area contributed by atoms with E-state index in [-0.39, 0.29) is 18.8 Å². The molecule has 0 unspecified atom stereocenters. The van der Waals surface area contributed by atoms with Gasteiger partial charge in [0, 0.05) is 15.6 Å². The van der Waals surface area contributed by atoms with Crippen LogP contribution in [0.5, 0.6) is 5.75 Å². The second kappa shape index (κ2) is 11.7. The average molecular weight is 600 g/mol. The predicted octanol–water partition coefficient (Wildman–Crippen LogP) is 4.71. The molecule has 0 fully saturated rings. The Balaban J connectivity index is 1.80.